The van der Waals surface area contributed by atoms with Crippen LogP contribution >= 0.6 is 0 Å². The van der Waals surface area contributed by atoms with E-state index >= 15 is 4.79 Å². The summed E-state index contributed by atoms with van der Waals surface area (Å²) in [6, 6.07) is -2.05. The molecule has 38 heteroatoms. The van der Waals surface area contributed by atoms with Crippen LogP contribution in [0.15, 0.2) is 60.8 Å². The lowest BCUT2D eigenvalue weighted by Gasteiger charge is -2.29. The Morgan fingerprint density at radius 1 is 0.360 bits per heavy atom. The molecular weight excluding hydrogens is 1610 g/mol. The summed E-state index contributed by atoms with van der Waals surface area (Å²) in [5.74, 6) is -14.6. The molecule has 16 amide bonds. The van der Waals surface area contributed by atoms with Crippen LogP contribution in [0.4, 0.5) is 0 Å². The zero-order chi connectivity index (χ0) is 93.7. The number of fused-ring (bicyclic) bond motifs is 1. The monoisotopic (exact) mass is 1760 g/mol. The number of hydrogen-bond donors (Lipinski definition) is 22. The van der Waals surface area contributed by atoms with Gasteiger partial charge in [-0.3, -0.25) is 76.7 Å². The fraction of sp³-hybridized carbons (Fsp3) is 0.655. The summed E-state index contributed by atoms with van der Waals surface area (Å²) in [6.45, 7) is 22.7. The van der Waals surface area contributed by atoms with Gasteiger partial charge in [-0.1, -0.05) is 138 Å². The highest BCUT2D eigenvalue weighted by Gasteiger charge is 2.39. The van der Waals surface area contributed by atoms with E-state index in [2.05, 4.69) is 79.4 Å². The number of nitrogens with two attached hydrogens (primary N) is 7. The van der Waals surface area contributed by atoms with Crippen molar-refractivity contribution in [2.45, 2.75) is 297 Å². The average molecular weight is 1760 g/mol. The largest absolute Gasteiger partial charge is 0.370 e. The Morgan fingerprint density at radius 3 is 1.13 bits per heavy atom. The quantitative estimate of drug-likeness (QED) is 0.0304. The lowest BCUT2D eigenvalue weighted by atomic mass is 9.97. The molecule has 700 valence electrons. The number of aromatic nitrogens is 1. The number of amides is 16. The van der Waals surface area contributed by atoms with Crippen LogP contribution in [0.1, 0.15) is 210 Å². The van der Waals surface area contributed by atoms with Crippen LogP contribution in [0.3, 0.4) is 0 Å². The third kappa shape index (κ3) is 39.6. The number of rotatable bonds is 61. The van der Waals surface area contributed by atoms with Crippen molar-refractivity contribution < 1.29 is 76.7 Å². The molecular formula is C87H146N22O16. The van der Waals surface area contributed by atoms with Gasteiger partial charge < -0.3 is 120 Å². The van der Waals surface area contributed by atoms with E-state index in [0.29, 0.717) is 68.9 Å². The van der Waals surface area contributed by atoms with Crippen molar-refractivity contribution in [1.82, 2.24) is 79.4 Å². The van der Waals surface area contributed by atoms with Crippen molar-refractivity contribution in [1.29, 1.82) is 0 Å². The maximum absolute atomic E-state index is 15.0. The minimum Gasteiger partial charge on any atom is -0.370 e. The third-order valence-electron chi connectivity index (χ3n) is 21.3. The number of primary amides is 2. The van der Waals surface area contributed by atoms with Crippen molar-refractivity contribution in [2.24, 2.45) is 75.6 Å². The van der Waals surface area contributed by atoms with E-state index in [1.807, 2.05) is 59.7 Å². The normalized spacial score (nSPS) is 15.1. The van der Waals surface area contributed by atoms with Crippen LogP contribution < -0.4 is 115 Å². The molecule has 3 aromatic rings. The first kappa shape index (κ1) is 108. The molecule has 15 atom stereocenters. The summed E-state index contributed by atoms with van der Waals surface area (Å²) >= 11 is 0. The number of hydrogen-bond acceptors (Lipinski definition) is 21. The van der Waals surface area contributed by atoms with Crippen LogP contribution in [0, 0.1) is 35.5 Å². The van der Waals surface area contributed by atoms with E-state index in [9.17, 15) is 71.9 Å². The van der Waals surface area contributed by atoms with E-state index in [1.165, 1.54) is 6.92 Å². The van der Waals surface area contributed by atoms with Crippen LogP contribution in [0.5, 0.6) is 0 Å². The van der Waals surface area contributed by atoms with Crippen LogP contribution in [0.25, 0.3) is 10.9 Å². The van der Waals surface area contributed by atoms with E-state index < -0.39 is 210 Å². The summed E-state index contributed by atoms with van der Waals surface area (Å²) < 4.78 is 0. The molecule has 125 heavy (non-hydrogen) atoms. The summed E-state index contributed by atoms with van der Waals surface area (Å²) in [5.41, 5.74) is 42.5. The second-order valence-corrected chi connectivity index (χ2v) is 34.3. The Bertz CT molecular complexity index is 3970. The number of benzene rings is 2. The van der Waals surface area contributed by atoms with Crippen molar-refractivity contribution in [2.75, 3.05) is 32.7 Å². The summed E-state index contributed by atoms with van der Waals surface area (Å²) in [4.78, 5) is 227. The number of H-pyrrole nitrogens is 1. The maximum Gasteiger partial charge on any atom is 0.243 e. The Labute approximate surface area is 735 Å². The van der Waals surface area contributed by atoms with Gasteiger partial charge in [0, 0.05) is 29.9 Å². The number of aromatic amines is 1. The highest BCUT2D eigenvalue weighted by atomic mass is 16.2. The molecule has 0 radical (unpaired) electrons. The molecule has 0 aliphatic rings. The van der Waals surface area contributed by atoms with Gasteiger partial charge in [-0.25, -0.2) is 0 Å². The van der Waals surface area contributed by atoms with E-state index in [4.69, 9.17) is 40.1 Å². The molecule has 0 saturated carbocycles. The second-order valence-electron chi connectivity index (χ2n) is 34.3. The lowest BCUT2D eigenvalue weighted by molar-refractivity contribution is -0.136. The summed E-state index contributed by atoms with van der Waals surface area (Å²) in [6.07, 6.45) is 4.92. The smallest absolute Gasteiger partial charge is 0.243 e. The fourth-order valence-corrected chi connectivity index (χ4v) is 13.9. The highest BCUT2D eigenvalue weighted by molar-refractivity contribution is 6.01. The first-order valence-corrected chi connectivity index (χ1v) is 44.0. The lowest BCUT2D eigenvalue weighted by Crippen LogP contribution is -2.61. The van der Waals surface area contributed by atoms with Gasteiger partial charge in [0.1, 0.15) is 78.5 Å². The molecule has 1 heterocycles. The second kappa shape index (κ2) is 57.0. The van der Waals surface area contributed by atoms with Crippen molar-refractivity contribution in [3.8, 4) is 0 Å². The van der Waals surface area contributed by atoms with Crippen LogP contribution in [0.2, 0.25) is 0 Å². The van der Waals surface area contributed by atoms with Crippen molar-refractivity contribution in [3.63, 3.8) is 0 Å². The number of nitrogens with one attached hydrogen (secondary N) is 15. The van der Waals surface area contributed by atoms with Crippen LogP contribution in [-0.2, 0) is 89.6 Å². The van der Waals surface area contributed by atoms with E-state index in [-0.39, 0.29) is 102 Å². The standard InChI is InChI=1S/C87H146N22O16/c1-14-53(12)73(85(123)96-47-70(111)97-54(13)75(113)107-71(51(8)9)87(125)106-66(42-50(6)7)81(119)101-62(34-22-26-38-90)79(117)108-72(52(10)11)86(124)102-64(74(94)112)40-48(2)3)109-80(118)63(35-23-27-39-91)98-77(115)60(32-20-24-36-88)99-83(121)67(43-55-28-16-15-17-29-55)105-82(120)65(41-49(4)5)104-78(116)61(33-21-25-37-89)100-84(122)68(103-76(114)58(92)45-69(93)110)44-56-46-95-59-31-19-18-30-57(56)59/h15-19,28-31,46,48-54,58,60-68,71-73,95H,14,20-27,32-45,47,88-92H2,1-13H3,(H2,93,110)(H2,94,112)(H,96,123)(H,97,111)(H,98,115)(H,99,121)(H,100,122)(H,101,119)(H,102,124)(H,103,114)(H,104,116)(H,105,120)(H,106,125)(H,107,113)(H,108,117)(H,109,118)/t53-,54-,58-,60-,61-,62-,63-,64-,65-,66-,67-,68-,71-,72-,73-/m0/s1. The predicted molar refractivity (Wildman–Crippen MR) is 476 cm³/mol. The molecule has 2 aromatic carbocycles. The average Bonchev–Trinajstić information content (AvgIpc) is 1.67. The Hall–Kier alpha value is -10.7. The minimum atomic E-state index is -1.41. The van der Waals surface area contributed by atoms with Gasteiger partial charge in [0.15, 0.2) is 0 Å². The molecule has 3 rings (SSSR count). The minimum absolute atomic E-state index is 0.00258. The van der Waals surface area contributed by atoms with Gasteiger partial charge >= 0.3 is 0 Å². The van der Waals surface area contributed by atoms with Gasteiger partial charge in [0.05, 0.1) is 19.0 Å². The zero-order valence-electron chi connectivity index (χ0n) is 75.4. The topological polar surface area (TPSA) is 639 Å². The molecule has 0 fully saturated rings. The van der Waals surface area contributed by atoms with Gasteiger partial charge in [-0.2, -0.15) is 0 Å². The number of unbranched alkanes of at least 4 members (excludes halogenated alkanes) is 4. The highest BCUT2D eigenvalue weighted by Crippen LogP contribution is 2.22. The van der Waals surface area contributed by atoms with Crippen LogP contribution in [-0.4, -0.2) is 217 Å². The Morgan fingerprint density at radius 2 is 0.712 bits per heavy atom. The van der Waals surface area contributed by atoms with Crippen molar-refractivity contribution >= 4 is 105 Å². The van der Waals surface area contributed by atoms with Gasteiger partial charge in [0.25, 0.3) is 0 Å². The SMILES string of the molecule is CC[C@H](C)[C@H](NC(=O)[C@H](CCCCN)NC(=O)[C@H](CCCCN)NC(=O)[C@H](Cc1ccccc1)NC(=O)[C@H](CC(C)C)NC(=O)[C@H](CCCCN)NC(=O)[C@H](Cc1c[nH]c2ccccc12)NC(=O)[C@@H](N)CC(N)=O)C(=O)NCC(=O)N[C@@H](C)C(=O)N[C@H](C(=O)N[C@@H](CC(C)C)C(=O)N[C@@H](CCCCN)C(=O)N[C@H](C(=O)N[C@@H](CC(C)C)C(N)=O)C(C)C)C(C)C. The molecule has 29 N–H and O–H groups in total. The van der Waals surface area contributed by atoms with Crippen molar-refractivity contribution in [3.05, 3.63) is 71.9 Å². The summed E-state index contributed by atoms with van der Waals surface area (Å²) in [7, 11) is 0. The number of carbonyl (C=O) groups is 16. The molecule has 1 aromatic heterocycles. The van der Waals surface area contributed by atoms with E-state index in [0.717, 1.165) is 10.9 Å². The fourth-order valence-electron chi connectivity index (χ4n) is 13.9. The molecule has 0 aliphatic heterocycles. The van der Waals surface area contributed by atoms with Gasteiger partial charge in [-0.05, 0) is 182 Å². The van der Waals surface area contributed by atoms with Gasteiger partial charge in [0.2, 0.25) is 94.5 Å². The molecule has 0 aliphatic carbocycles. The number of carbonyl (C=O) groups excluding carboxylic acids is 16. The molecule has 0 saturated heterocycles. The Balaban J connectivity index is 1.87. The number of para-hydroxylation sites is 1. The third-order valence-corrected chi connectivity index (χ3v) is 21.3. The molecule has 0 spiro atoms. The van der Waals surface area contributed by atoms with E-state index in [1.54, 1.807) is 84.1 Å². The maximum atomic E-state index is 15.0. The Kier molecular flexibility index (Phi) is 49.5. The molecule has 0 bridgehead atoms. The zero-order valence-corrected chi connectivity index (χ0v) is 75.4. The molecule has 38 nitrogen and oxygen atoms in total. The predicted octanol–water partition coefficient (Wildman–Crippen LogP) is -0.908. The molecule has 0 unspecified atom stereocenters. The van der Waals surface area contributed by atoms with Gasteiger partial charge in [-0.15, -0.1) is 0 Å². The first-order chi connectivity index (χ1) is 59.1. The first-order valence-electron chi connectivity index (χ1n) is 44.0. The summed E-state index contributed by atoms with van der Waals surface area (Å²) in [5, 5.41) is 38.7.